The Morgan fingerprint density at radius 3 is 2.43 bits per heavy atom. The van der Waals surface area contributed by atoms with E-state index in [1.54, 1.807) is 0 Å². The summed E-state index contributed by atoms with van der Waals surface area (Å²) in [6, 6.07) is 0. The summed E-state index contributed by atoms with van der Waals surface area (Å²) in [5.41, 5.74) is 0.708. The van der Waals surface area contributed by atoms with E-state index in [9.17, 15) is 0 Å². The Bertz CT molecular complexity index is 182. The minimum absolute atomic E-state index is 0.479. The van der Waals surface area contributed by atoms with Crippen molar-refractivity contribution < 1.29 is 0 Å². The highest BCUT2D eigenvalue weighted by molar-refractivity contribution is 6.20. The van der Waals surface area contributed by atoms with E-state index in [-0.39, 0.29) is 0 Å². The first kappa shape index (κ1) is 10.8. The molecule has 0 aromatic carbocycles. The highest BCUT2D eigenvalue weighted by atomic mass is 35.5. The fourth-order valence-corrected chi connectivity index (χ4v) is 4.25. The van der Waals surface area contributed by atoms with Gasteiger partial charge in [0.15, 0.2) is 0 Å². The van der Waals surface area contributed by atoms with Crippen LogP contribution in [0.25, 0.3) is 0 Å². The molecule has 2 aliphatic rings. The van der Waals surface area contributed by atoms with Crippen molar-refractivity contribution in [1.29, 1.82) is 0 Å². The van der Waals surface area contributed by atoms with E-state index in [0.29, 0.717) is 10.8 Å². The largest absolute Gasteiger partial charge is 0.123 e. The van der Waals surface area contributed by atoms with E-state index < -0.39 is 0 Å². The minimum Gasteiger partial charge on any atom is -0.123 e. The van der Waals surface area contributed by atoms with Gasteiger partial charge in [0.25, 0.3) is 0 Å². The van der Waals surface area contributed by atoms with E-state index in [0.717, 1.165) is 5.92 Å². The van der Waals surface area contributed by atoms with Gasteiger partial charge in [-0.15, -0.1) is 11.6 Å². The molecule has 14 heavy (non-hydrogen) atoms. The lowest BCUT2D eigenvalue weighted by molar-refractivity contribution is -0.0125. The van der Waals surface area contributed by atoms with Crippen LogP contribution >= 0.6 is 11.6 Å². The second-order valence-corrected chi connectivity index (χ2v) is 5.93. The molecule has 0 amide bonds. The van der Waals surface area contributed by atoms with Crippen LogP contribution in [0.4, 0.5) is 0 Å². The second kappa shape index (κ2) is 4.43. The van der Waals surface area contributed by atoms with Crippen LogP contribution in [0.15, 0.2) is 0 Å². The van der Waals surface area contributed by atoms with Gasteiger partial charge in [0.05, 0.1) is 0 Å². The van der Waals surface area contributed by atoms with Gasteiger partial charge in [-0.05, 0) is 43.4 Å². The van der Waals surface area contributed by atoms with Crippen molar-refractivity contribution in [2.45, 2.75) is 70.1 Å². The van der Waals surface area contributed by atoms with Crippen LogP contribution in [0, 0.1) is 11.3 Å². The molecule has 1 heteroatoms. The van der Waals surface area contributed by atoms with Crippen LogP contribution in [-0.2, 0) is 0 Å². The molecule has 2 aliphatic carbocycles. The molecule has 0 bridgehead atoms. The van der Waals surface area contributed by atoms with Crippen LogP contribution < -0.4 is 0 Å². The van der Waals surface area contributed by atoms with E-state index in [1.165, 1.54) is 57.8 Å². The van der Waals surface area contributed by atoms with E-state index in [4.69, 9.17) is 11.6 Å². The zero-order valence-corrected chi connectivity index (χ0v) is 10.2. The normalized spacial score (nSPS) is 32.6. The first-order chi connectivity index (χ1) is 6.78. The lowest BCUT2D eigenvalue weighted by Crippen LogP contribution is -2.46. The Labute approximate surface area is 93.4 Å². The number of rotatable bonds is 3. The molecule has 0 saturated heterocycles. The first-order valence-electron chi connectivity index (χ1n) is 6.42. The molecule has 2 rings (SSSR count). The molecule has 0 aromatic heterocycles. The number of hydrogen-bond donors (Lipinski definition) is 0. The zero-order chi connectivity index (χ0) is 10.0. The first-order valence-corrected chi connectivity index (χ1v) is 6.86. The van der Waals surface area contributed by atoms with Crippen molar-refractivity contribution in [3.05, 3.63) is 0 Å². The quantitative estimate of drug-likeness (QED) is 0.595. The molecular weight excluding hydrogens is 192 g/mol. The topological polar surface area (TPSA) is 0 Å². The van der Waals surface area contributed by atoms with Crippen LogP contribution in [0.5, 0.6) is 0 Å². The molecule has 0 heterocycles. The van der Waals surface area contributed by atoms with Gasteiger partial charge in [0.1, 0.15) is 0 Å². The maximum Gasteiger partial charge on any atom is 0.0369 e. The number of alkyl halides is 1. The lowest BCUT2D eigenvalue weighted by Gasteiger charge is -2.54. The maximum absolute atomic E-state index is 6.51. The maximum atomic E-state index is 6.51. The van der Waals surface area contributed by atoms with Crippen molar-refractivity contribution in [2.24, 2.45) is 11.3 Å². The molecule has 0 nitrogen and oxygen atoms in total. The van der Waals surface area contributed by atoms with Gasteiger partial charge in [-0.25, -0.2) is 0 Å². The average molecular weight is 215 g/mol. The van der Waals surface area contributed by atoms with Crippen molar-refractivity contribution >= 4 is 11.6 Å². The molecule has 2 unspecified atom stereocenters. The van der Waals surface area contributed by atoms with Gasteiger partial charge < -0.3 is 0 Å². The smallest absolute Gasteiger partial charge is 0.0369 e. The Hall–Kier alpha value is 0.290. The molecule has 0 aliphatic heterocycles. The van der Waals surface area contributed by atoms with Gasteiger partial charge in [0.2, 0.25) is 0 Å². The Morgan fingerprint density at radius 1 is 1.21 bits per heavy atom. The van der Waals surface area contributed by atoms with Crippen molar-refractivity contribution in [2.75, 3.05) is 0 Å². The highest BCUT2D eigenvalue weighted by Crippen LogP contribution is 2.58. The third-order valence-corrected chi connectivity index (χ3v) is 5.11. The summed E-state index contributed by atoms with van der Waals surface area (Å²) in [6.45, 7) is 2.25. The third-order valence-electron chi connectivity index (χ3n) is 4.59. The van der Waals surface area contributed by atoms with Gasteiger partial charge >= 0.3 is 0 Å². The number of halogens is 1. The van der Waals surface area contributed by atoms with Gasteiger partial charge in [0, 0.05) is 5.38 Å². The standard InChI is InChI=1S/C13H23Cl/c1-2-6-12(14)11-7-10-13(11)8-4-3-5-9-13/h11-12H,2-10H2,1H3. The van der Waals surface area contributed by atoms with Crippen molar-refractivity contribution in [3.8, 4) is 0 Å². The predicted molar refractivity (Wildman–Crippen MR) is 62.8 cm³/mol. The van der Waals surface area contributed by atoms with E-state index in [2.05, 4.69) is 6.92 Å². The van der Waals surface area contributed by atoms with Crippen LogP contribution in [0.1, 0.15) is 64.7 Å². The fourth-order valence-electron chi connectivity index (χ4n) is 3.64. The molecule has 2 saturated carbocycles. The summed E-state index contributed by atoms with van der Waals surface area (Å²) in [4.78, 5) is 0. The van der Waals surface area contributed by atoms with Crippen molar-refractivity contribution in [3.63, 3.8) is 0 Å². The van der Waals surface area contributed by atoms with Crippen LogP contribution in [0.2, 0.25) is 0 Å². The minimum atomic E-state index is 0.479. The van der Waals surface area contributed by atoms with Gasteiger partial charge in [-0.2, -0.15) is 0 Å². The Balaban J connectivity index is 1.93. The molecular formula is C13H23Cl. The Morgan fingerprint density at radius 2 is 1.93 bits per heavy atom. The molecule has 0 radical (unpaired) electrons. The van der Waals surface area contributed by atoms with Crippen LogP contribution in [-0.4, -0.2) is 5.38 Å². The zero-order valence-electron chi connectivity index (χ0n) is 9.40. The molecule has 1 spiro atoms. The second-order valence-electron chi connectivity index (χ2n) is 5.37. The summed E-state index contributed by atoms with van der Waals surface area (Å²) in [5, 5.41) is 0.479. The molecule has 2 atom stereocenters. The summed E-state index contributed by atoms with van der Waals surface area (Å²) in [6.07, 6.45) is 12.7. The molecule has 0 N–H and O–H groups in total. The van der Waals surface area contributed by atoms with Gasteiger partial charge in [-0.3, -0.25) is 0 Å². The molecule has 2 fully saturated rings. The predicted octanol–water partition coefficient (Wildman–Crippen LogP) is 4.75. The molecule has 82 valence electrons. The Kier molecular flexibility index (Phi) is 3.42. The SMILES string of the molecule is CCCC(Cl)C1CCC12CCCCC2. The summed E-state index contributed by atoms with van der Waals surface area (Å²) in [7, 11) is 0. The summed E-state index contributed by atoms with van der Waals surface area (Å²) >= 11 is 6.51. The average Bonchev–Trinajstić information content (AvgIpc) is 2.18. The van der Waals surface area contributed by atoms with Crippen LogP contribution in [0.3, 0.4) is 0 Å². The number of hydrogen-bond acceptors (Lipinski definition) is 0. The highest BCUT2D eigenvalue weighted by Gasteiger charge is 2.49. The van der Waals surface area contributed by atoms with E-state index >= 15 is 0 Å². The fraction of sp³-hybridized carbons (Fsp3) is 1.00. The van der Waals surface area contributed by atoms with Crippen molar-refractivity contribution in [1.82, 2.24) is 0 Å². The lowest BCUT2D eigenvalue weighted by atomic mass is 9.53. The summed E-state index contributed by atoms with van der Waals surface area (Å²) in [5.74, 6) is 0.865. The summed E-state index contributed by atoms with van der Waals surface area (Å²) < 4.78 is 0. The van der Waals surface area contributed by atoms with Gasteiger partial charge in [-0.1, -0.05) is 32.6 Å². The molecule has 0 aromatic rings. The van der Waals surface area contributed by atoms with E-state index in [1.807, 2.05) is 0 Å². The third kappa shape index (κ3) is 1.83. The monoisotopic (exact) mass is 214 g/mol.